The quantitative estimate of drug-likeness (QED) is 0.732. The summed E-state index contributed by atoms with van der Waals surface area (Å²) < 4.78 is 4.65. The molecular weight excluding hydrogens is 370 g/mol. The monoisotopic (exact) mass is 395 g/mol. The van der Waals surface area contributed by atoms with Gasteiger partial charge in [-0.2, -0.15) is 0 Å². The molecular formula is C22H25N3O4. The average molecular weight is 395 g/mol. The Hall–Kier alpha value is -3.19. The van der Waals surface area contributed by atoms with E-state index in [-0.39, 0.29) is 17.7 Å². The normalized spacial score (nSPS) is 16.8. The van der Waals surface area contributed by atoms with Gasteiger partial charge in [0.2, 0.25) is 5.91 Å². The summed E-state index contributed by atoms with van der Waals surface area (Å²) in [5.74, 6) is -1.00. The molecule has 152 valence electrons. The van der Waals surface area contributed by atoms with E-state index < -0.39 is 5.97 Å². The van der Waals surface area contributed by atoms with Crippen LogP contribution < -0.4 is 11.1 Å². The van der Waals surface area contributed by atoms with Crippen LogP contribution in [0.1, 0.15) is 39.1 Å². The van der Waals surface area contributed by atoms with E-state index in [9.17, 15) is 14.4 Å². The number of hydrogen-bond donors (Lipinski definition) is 2. The second-order valence-corrected chi connectivity index (χ2v) is 7.20. The number of benzene rings is 2. The van der Waals surface area contributed by atoms with Crippen LogP contribution in [-0.4, -0.2) is 42.9 Å². The van der Waals surface area contributed by atoms with Gasteiger partial charge in [0, 0.05) is 24.3 Å². The molecule has 2 amide bonds. The molecule has 0 spiro atoms. The Bertz CT molecular complexity index is 878. The van der Waals surface area contributed by atoms with Crippen molar-refractivity contribution in [2.75, 3.05) is 25.5 Å². The highest BCUT2D eigenvalue weighted by Gasteiger charge is 2.23. The zero-order valence-corrected chi connectivity index (χ0v) is 16.4. The molecule has 3 N–H and O–H groups in total. The summed E-state index contributed by atoms with van der Waals surface area (Å²) in [6.45, 7) is 2.38. The van der Waals surface area contributed by atoms with Gasteiger partial charge in [-0.25, -0.2) is 4.79 Å². The van der Waals surface area contributed by atoms with E-state index in [2.05, 4.69) is 15.0 Å². The van der Waals surface area contributed by atoms with E-state index in [0.717, 1.165) is 31.5 Å². The predicted octanol–water partition coefficient (Wildman–Crippen LogP) is 2.42. The number of anilines is 1. The summed E-state index contributed by atoms with van der Waals surface area (Å²) in [5, 5.41) is 2.84. The summed E-state index contributed by atoms with van der Waals surface area (Å²) in [6.07, 6.45) is 1.83. The Morgan fingerprint density at radius 1 is 1.07 bits per heavy atom. The highest BCUT2D eigenvalue weighted by molar-refractivity contribution is 6.04. The van der Waals surface area contributed by atoms with Crippen LogP contribution in [0.15, 0.2) is 48.5 Å². The molecule has 0 aromatic heterocycles. The average Bonchev–Trinajstić information content (AvgIpc) is 2.75. The summed E-state index contributed by atoms with van der Waals surface area (Å²) in [5.41, 5.74) is 8.07. The molecule has 0 saturated carbocycles. The number of nitrogens with zero attached hydrogens (tertiary/aromatic N) is 1. The van der Waals surface area contributed by atoms with E-state index in [4.69, 9.17) is 5.73 Å². The van der Waals surface area contributed by atoms with Crippen molar-refractivity contribution in [2.24, 2.45) is 11.7 Å². The summed E-state index contributed by atoms with van der Waals surface area (Å²) >= 11 is 0. The lowest BCUT2D eigenvalue weighted by molar-refractivity contribution is -0.123. The van der Waals surface area contributed by atoms with Gasteiger partial charge in [0.15, 0.2) is 0 Å². The summed E-state index contributed by atoms with van der Waals surface area (Å²) in [7, 11) is 1.31. The lowest BCUT2D eigenvalue weighted by atomic mass is 9.97. The van der Waals surface area contributed by atoms with Gasteiger partial charge in [-0.3, -0.25) is 14.5 Å². The summed E-state index contributed by atoms with van der Waals surface area (Å²) in [6, 6.07) is 13.9. The van der Waals surface area contributed by atoms with Crippen LogP contribution in [0.25, 0.3) is 0 Å². The number of esters is 1. The Morgan fingerprint density at radius 3 is 2.34 bits per heavy atom. The number of carbonyl (C=O) groups is 3. The number of ether oxygens (including phenoxy) is 1. The van der Waals surface area contributed by atoms with Crippen LogP contribution in [0.5, 0.6) is 0 Å². The van der Waals surface area contributed by atoms with Crippen LogP contribution in [0.3, 0.4) is 0 Å². The Balaban J connectivity index is 1.56. The molecule has 1 unspecified atom stereocenters. The van der Waals surface area contributed by atoms with Crippen molar-refractivity contribution in [3.05, 3.63) is 65.2 Å². The maximum Gasteiger partial charge on any atom is 0.337 e. The zero-order valence-electron chi connectivity index (χ0n) is 16.4. The predicted molar refractivity (Wildman–Crippen MR) is 109 cm³/mol. The van der Waals surface area contributed by atoms with Crippen LogP contribution in [0, 0.1) is 5.92 Å². The number of methoxy groups -OCH3 is 1. The number of amides is 2. The Labute approximate surface area is 169 Å². The number of rotatable bonds is 6. The van der Waals surface area contributed by atoms with Crippen LogP contribution >= 0.6 is 0 Å². The molecule has 0 bridgehead atoms. The number of hydrogen-bond acceptors (Lipinski definition) is 5. The molecule has 2 aromatic rings. The molecule has 1 heterocycles. The first-order chi connectivity index (χ1) is 14.0. The fraction of sp³-hybridized carbons (Fsp3) is 0.318. The third kappa shape index (κ3) is 5.42. The lowest BCUT2D eigenvalue weighted by Crippen LogP contribution is -2.40. The third-order valence-corrected chi connectivity index (χ3v) is 5.09. The number of primary amides is 1. The van der Waals surface area contributed by atoms with Crippen molar-refractivity contribution in [1.29, 1.82) is 0 Å². The second kappa shape index (κ2) is 9.34. The topological polar surface area (TPSA) is 102 Å². The molecule has 1 aliphatic rings. The van der Waals surface area contributed by atoms with E-state index in [1.807, 2.05) is 24.3 Å². The smallest absolute Gasteiger partial charge is 0.337 e. The molecule has 0 radical (unpaired) electrons. The van der Waals surface area contributed by atoms with Gasteiger partial charge in [0.1, 0.15) is 0 Å². The van der Waals surface area contributed by atoms with Gasteiger partial charge in [0.25, 0.3) is 5.91 Å². The maximum absolute atomic E-state index is 12.4. The van der Waals surface area contributed by atoms with E-state index in [1.54, 1.807) is 24.3 Å². The fourth-order valence-corrected chi connectivity index (χ4v) is 3.46. The minimum absolute atomic E-state index is 0.0760. The fourth-order valence-electron chi connectivity index (χ4n) is 3.46. The second-order valence-electron chi connectivity index (χ2n) is 7.20. The van der Waals surface area contributed by atoms with Gasteiger partial charge >= 0.3 is 5.97 Å². The van der Waals surface area contributed by atoms with Crippen LogP contribution in [0.2, 0.25) is 0 Å². The number of nitrogens with one attached hydrogen (secondary N) is 1. The molecule has 1 fully saturated rings. The first-order valence-electron chi connectivity index (χ1n) is 9.56. The number of piperidine rings is 1. The van der Waals surface area contributed by atoms with Gasteiger partial charge in [-0.1, -0.05) is 12.1 Å². The standard InChI is InChI=1S/C22H25N3O4/c1-29-22(28)17-8-6-16(7-9-17)21(27)24-19-10-4-15(5-11-19)13-25-12-2-3-18(14-25)20(23)26/h4-11,18H,2-3,12-14H2,1H3,(H2,23,26)(H,24,27). The minimum atomic E-state index is -0.441. The summed E-state index contributed by atoms with van der Waals surface area (Å²) in [4.78, 5) is 37.5. The van der Waals surface area contributed by atoms with Crippen molar-refractivity contribution >= 4 is 23.5 Å². The van der Waals surface area contributed by atoms with Gasteiger partial charge in [0.05, 0.1) is 18.6 Å². The molecule has 7 nitrogen and oxygen atoms in total. The van der Waals surface area contributed by atoms with Crippen LogP contribution in [0.4, 0.5) is 5.69 Å². The molecule has 2 aromatic carbocycles. The van der Waals surface area contributed by atoms with Crippen molar-refractivity contribution < 1.29 is 19.1 Å². The third-order valence-electron chi connectivity index (χ3n) is 5.09. The molecule has 7 heteroatoms. The van der Waals surface area contributed by atoms with Crippen molar-refractivity contribution in [1.82, 2.24) is 4.90 Å². The van der Waals surface area contributed by atoms with E-state index in [1.165, 1.54) is 7.11 Å². The Kier molecular flexibility index (Phi) is 6.61. The largest absolute Gasteiger partial charge is 0.465 e. The van der Waals surface area contributed by atoms with E-state index in [0.29, 0.717) is 23.4 Å². The maximum atomic E-state index is 12.4. The van der Waals surface area contributed by atoms with Crippen molar-refractivity contribution in [2.45, 2.75) is 19.4 Å². The first-order valence-corrected chi connectivity index (χ1v) is 9.56. The highest BCUT2D eigenvalue weighted by atomic mass is 16.5. The molecule has 1 aliphatic heterocycles. The molecule has 0 aliphatic carbocycles. The van der Waals surface area contributed by atoms with Crippen molar-refractivity contribution in [3.63, 3.8) is 0 Å². The highest BCUT2D eigenvalue weighted by Crippen LogP contribution is 2.19. The van der Waals surface area contributed by atoms with E-state index >= 15 is 0 Å². The van der Waals surface area contributed by atoms with Gasteiger partial charge in [-0.15, -0.1) is 0 Å². The molecule has 1 saturated heterocycles. The molecule has 3 rings (SSSR count). The molecule has 1 atom stereocenters. The first kappa shape index (κ1) is 20.5. The minimum Gasteiger partial charge on any atom is -0.465 e. The van der Waals surface area contributed by atoms with Gasteiger partial charge < -0.3 is 15.8 Å². The SMILES string of the molecule is COC(=O)c1ccc(C(=O)Nc2ccc(CN3CCCC(C(N)=O)C3)cc2)cc1. The lowest BCUT2D eigenvalue weighted by Gasteiger charge is -2.31. The molecule has 29 heavy (non-hydrogen) atoms. The van der Waals surface area contributed by atoms with Crippen molar-refractivity contribution in [3.8, 4) is 0 Å². The zero-order chi connectivity index (χ0) is 20.8. The van der Waals surface area contributed by atoms with Crippen LogP contribution in [-0.2, 0) is 16.1 Å². The Morgan fingerprint density at radius 2 is 1.72 bits per heavy atom. The number of likely N-dealkylation sites (tertiary alicyclic amines) is 1. The number of carbonyl (C=O) groups excluding carboxylic acids is 3. The van der Waals surface area contributed by atoms with Gasteiger partial charge in [-0.05, 0) is 61.3 Å². The number of nitrogens with two attached hydrogens (primary N) is 1.